The fourth-order valence-corrected chi connectivity index (χ4v) is 4.46. The summed E-state index contributed by atoms with van der Waals surface area (Å²) in [5, 5.41) is 2.92. The summed E-state index contributed by atoms with van der Waals surface area (Å²) in [6, 6.07) is 20.7. The zero-order chi connectivity index (χ0) is 24.0. The van der Waals surface area contributed by atoms with E-state index in [-0.39, 0.29) is 22.4 Å². The summed E-state index contributed by atoms with van der Waals surface area (Å²) in [6.45, 7) is 2.41. The molecule has 0 aliphatic carbocycles. The summed E-state index contributed by atoms with van der Waals surface area (Å²) in [5.74, 6) is 0.286. The second-order valence-electron chi connectivity index (χ2n) is 7.96. The van der Waals surface area contributed by atoms with Crippen LogP contribution in [0.1, 0.15) is 27.5 Å². The van der Waals surface area contributed by atoms with Crippen LogP contribution in [0.2, 0.25) is 0 Å². The molecule has 0 spiro atoms. The smallest absolute Gasteiger partial charge is 0.261 e. The highest BCUT2D eigenvalue weighted by Gasteiger charge is 2.19. The van der Waals surface area contributed by atoms with Crippen molar-refractivity contribution in [2.24, 2.45) is 0 Å². The highest BCUT2D eigenvalue weighted by Crippen LogP contribution is 2.21. The van der Waals surface area contributed by atoms with Crippen LogP contribution in [0.4, 0.5) is 5.69 Å². The third kappa shape index (κ3) is 6.34. The summed E-state index contributed by atoms with van der Waals surface area (Å²) in [7, 11) is 1.59. The number of hydrogen-bond acceptors (Lipinski definition) is 5. The van der Waals surface area contributed by atoms with Gasteiger partial charge in [-0.25, -0.2) is 8.42 Å². The first-order valence-electron chi connectivity index (χ1n) is 10.5. The minimum absolute atomic E-state index is 0.00802. The molecule has 0 aliphatic heterocycles. The van der Waals surface area contributed by atoms with Gasteiger partial charge >= 0.3 is 0 Å². The molecule has 0 aromatic heterocycles. The Morgan fingerprint density at radius 3 is 2.27 bits per heavy atom. The maximum Gasteiger partial charge on any atom is 0.261 e. The van der Waals surface area contributed by atoms with Crippen molar-refractivity contribution in [2.75, 3.05) is 32.5 Å². The number of anilines is 1. The number of nitrogens with one attached hydrogen (secondary N) is 2. The zero-order valence-electron chi connectivity index (χ0n) is 19.2. The number of carbonyl (C=O) groups excluding carboxylic acids is 1. The Morgan fingerprint density at radius 2 is 1.67 bits per heavy atom. The molecule has 0 radical (unpaired) electrons. The van der Waals surface area contributed by atoms with Crippen molar-refractivity contribution in [3.05, 3.63) is 89.5 Å². The van der Waals surface area contributed by atoms with E-state index in [1.54, 1.807) is 36.4 Å². The quantitative estimate of drug-likeness (QED) is 0.499. The molecular formula is C25H29N3O4S. The predicted octanol–water partition coefficient (Wildman–Crippen LogP) is 3.84. The maximum absolute atomic E-state index is 12.8. The van der Waals surface area contributed by atoms with Crippen molar-refractivity contribution < 1.29 is 17.9 Å². The number of sulfonamides is 1. The Labute approximate surface area is 195 Å². The highest BCUT2D eigenvalue weighted by molar-refractivity contribution is 7.92. The van der Waals surface area contributed by atoms with E-state index in [4.69, 9.17) is 4.74 Å². The van der Waals surface area contributed by atoms with E-state index < -0.39 is 10.0 Å². The van der Waals surface area contributed by atoms with Gasteiger partial charge in [0.1, 0.15) is 5.75 Å². The minimum Gasteiger partial charge on any atom is -0.497 e. The van der Waals surface area contributed by atoms with Gasteiger partial charge in [-0.3, -0.25) is 9.52 Å². The van der Waals surface area contributed by atoms with E-state index in [1.165, 1.54) is 24.8 Å². The maximum atomic E-state index is 12.8. The third-order valence-electron chi connectivity index (χ3n) is 5.29. The molecule has 0 saturated carbocycles. The van der Waals surface area contributed by atoms with Crippen LogP contribution in [-0.2, 0) is 10.0 Å². The van der Waals surface area contributed by atoms with Crippen LogP contribution in [-0.4, -0.2) is 47.0 Å². The molecule has 174 valence electrons. The zero-order valence-corrected chi connectivity index (χ0v) is 20.0. The topological polar surface area (TPSA) is 87.7 Å². The summed E-state index contributed by atoms with van der Waals surface area (Å²) in [4.78, 5) is 14.8. The second-order valence-corrected chi connectivity index (χ2v) is 9.64. The third-order valence-corrected chi connectivity index (χ3v) is 6.67. The van der Waals surface area contributed by atoms with Gasteiger partial charge in [0.25, 0.3) is 15.9 Å². The molecule has 3 rings (SSSR count). The standard InChI is InChI=1S/C25H29N3O4S/c1-18-8-10-19(11-9-18)24(28(2)3)17-26-25(29)20-6-5-7-23(16-20)33(30,31)27-21-12-14-22(32-4)15-13-21/h5-16,24,27H,17H2,1-4H3,(H,26,29). The molecule has 2 N–H and O–H groups in total. The Balaban J connectivity index is 1.72. The fraction of sp³-hybridized carbons (Fsp3) is 0.240. The first-order chi connectivity index (χ1) is 15.7. The minimum atomic E-state index is -3.86. The van der Waals surface area contributed by atoms with Crippen molar-refractivity contribution in [1.29, 1.82) is 0 Å². The van der Waals surface area contributed by atoms with Crippen LogP contribution in [0.25, 0.3) is 0 Å². The van der Waals surface area contributed by atoms with Crippen LogP contribution in [0.5, 0.6) is 5.75 Å². The Morgan fingerprint density at radius 1 is 1.00 bits per heavy atom. The van der Waals surface area contributed by atoms with Crippen LogP contribution in [0.3, 0.4) is 0 Å². The first-order valence-corrected chi connectivity index (χ1v) is 12.0. The molecule has 1 amide bonds. The molecule has 33 heavy (non-hydrogen) atoms. The summed E-state index contributed by atoms with van der Waals surface area (Å²) >= 11 is 0. The molecule has 0 bridgehead atoms. The molecule has 7 nitrogen and oxygen atoms in total. The van der Waals surface area contributed by atoms with Crippen molar-refractivity contribution in [3.8, 4) is 5.75 Å². The van der Waals surface area contributed by atoms with Gasteiger partial charge in [-0.15, -0.1) is 0 Å². The molecule has 0 fully saturated rings. The number of methoxy groups -OCH3 is 1. The molecule has 0 heterocycles. The molecule has 0 aliphatic rings. The Kier molecular flexibility index (Phi) is 7.73. The lowest BCUT2D eigenvalue weighted by atomic mass is 10.0. The number of rotatable bonds is 9. The SMILES string of the molecule is COc1ccc(NS(=O)(=O)c2cccc(C(=O)NCC(c3ccc(C)cc3)N(C)C)c2)cc1. The van der Waals surface area contributed by atoms with Gasteiger partial charge < -0.3 is 15.0 Å². The van der Waals surface area contributed by atoms with Crippen LogP contribution >= 0.6 is 0 Å². The van der Waals surface area contributed by atoms with E-state index in [2.05, 4.69) is 10.0 Å². The molecule has 3 aromatic rings. The number of nitrogens with zero attached hydrogens (tertiary/aromatic N) is 1. The van der Waals surface area contributed by atoms with E-state index in [0.717, 1.165) is 5.56 Å². The lowest BCUT2D eigenvalue weighted by Crippen LogP contribution is -2.34. The van der Waals surface area contributed by atoms with Gasteiger partial charge in [0, 0.05) is 17.8 Å². The van der Waals surface area contributed by atoms with Gasteiger partial charge in [0.2, 0.25) is 0 Å². The van der Waals surface area contributed by atoms with Gasteiger partial charge in [-0.2, -0.15) is 0 Å². The molecule has 0 saturated heterocycles. The number of carbonyl (C=O) groups is 1. The van der Waals surface area contributed by atoms with Crippen LogP contribution < -0.4 is 14.8 Å². The van der Waals surface area contributed by atoms with E-state index >= 15 is 0 Å². The van der Waals surface area contributed by atoms with Crippen LogP contribution in [0, 0.1) is 6.92 Å². The average Bonchev–Trinajstić information content (AvgIpc) is 2.80. The number of likely N-dealkylation sites (N-methyl/N-ethyl adjacent to an activating group) is 1. The number of benzene rings is 3. The Hall–Kier alpha value is -3.36. The largest absolute Gasteiger partial charge is 0.497 e. The number of amides is 1. The number of hydrogen-bond donors (Lipinski definition) is 2. The lowest BCUT2D eigenvalue weighted by Gasteiger charge is -2.25. The summed E-state index contributed by atoms with van der Waals surface area (Å²) in [5.41, 5.74) is 2.93. The van der Waals surface area contributed by atoms with Gasteiger partial charge in [0.05, 0.1) is 18.0 Å². The normalized spacial score (nSPS) is 12.3. The van der Waals surface area contributed by atoms with Crippen LogP contribution in [0.15, 0.2) is 77.7 Å². The Bertz CT molecular complexity index is 1190. The molecule has 1 unspecified atom stereocenters. The molecular weight excluding hydrogens is 438 g/mol. The molecule has 8 heteroatoms. The van der Waals surface area contributed by atoms with Gasteiger partial charge in [-0.05, 0) is 69.0 Å². The summed E-state index contributed by atoms with van der Waals surface area (Å²) in [6.07, 6.45) is 0. The van der Waals surface area contributed by atoms with E-state index in [9.17, 15) is 13.2 Å². The van der Waals surface area contributed by atoms with Crippen molar-refractivity contribution in [3.63, 3.8) is 0 Å². The number of ether oxygens (including phenoxy) is 1. The lowest BCUT2D eigenvalue weighted by molar-refractivity contribution is 0.0941. The fourth-order valence-electron chi connectivity index (χ4n) is 3.36. The second kappa shape index (κ2) is 10.5. The van der Waals surface area contributed by atoms with E-state index in [1.807, 2.05) is 50.2 Å². The van der Waals surface area contributed by atoms with Gasteiger partial charge in [-0.1, -0.05) is 35.9 Å². The predicted molar refractivity (Wildman–Crippen MR) is 130 cm³/mol. The first kappa shape index (κ1) is 24.3. The number of aryl methyl sites for hydroxylation is 1. The van der Waals surface area contributed by atoms with E-state index in [0.29, 0.717) is 18.0 Å². The van der Waals surface area contributed by atoms with Crippen molar-refractivity contribution in [1.82, 2.24) is 10.2 Å². The summed E-state index contributed by atoms with van der Waals surface area (Å²) < 4.78 is 33.2. The van der Waals surface area contributed by atoms with Gasteiger partial charge in [0.15, 0.2) is 0 Å². The molecule has 1 atom stereocenters. The highest BCUT2D eigenvalue weighted by atomic mass is 32.2. The van der Waals surface area contributed by atoms with Crippen molar-refractivity contribution in [2.45, 2.75) is 17.9 Å². The molecule has 3 aromatic carbocycles. The average molecular weight is 468 g/mol. The van der Waals surface area contributed by atoms with Crippen molar-refractivity contribution >= 4 is 21.6 Å². The monoisotopic (exact) mass is 467 g/mol.